The Balaban J connectivity index is 0.000000245. The van der Waals surface area contributed by atoms with Crippen molar-refractivity contribution in [3.8, 4) is 22.3 Å². The first kappa shape index (κ1) is 37.0. The molecule has 0 saturated carbocycles. The van der Waals surface area contributed by atoms with Crippen LogP contribution >= 0.6 is 17.0 Å². The first-order chi connectivity index (χ1) is 21.8. The van der Waals surface area contributed by atoms with Crippen molar-refractivity contribution in [3.63, 3.8) is 0 Å². The summed E-state index contributed by atoms with van der Waals surface area (Å²) in [4.78, 5) is 0. The molecule has 0 spiro atoms. The van der Waals surface area contributed by atoms with Crippen molar-refractivity contribution in [1.82, 2.24) is 0 Å². The van der Waals surface area contributed by atoms with Gasteiger partial charge in [-0.05, 0) is 39.9 Å². The standard InChI is InChI=1S/C30H41.C12H7Si.2ClH.Zr/c1-10-11-12-21-15-22-13-14-26(20(2)3)28(27(22)16-21)23-17-24(29(4,5)6)19-25(18-23)30(7,8)9;1-3-7-11-9(5-1)10-6-2-4-8-12(10)13-11;;;/h13-20H,10-12H2,1-9H3;1-7H;2*1H;/q2*-1;;;+4/p-2. The molecular formula is C42H48Cl2SiZr. The summed E-state index contributed by atoms with van der Waals surface area (Å²) in [5.41, 5.74) is 11.6. The third-order valence-corrected chi connectivity index (χ3v) is 10.1. The maximum Gasteiger partial charge on any atom is 0.0920 e. The van der Waals surface area contributed by atoms with Gasteiger partial charge >= 0.3 is 37.9 Å². The van der Waals surface area contributed by atoms with E-state index in [1.807, 2.05) is 6.07 Å². The van der Waals surface area contributed by atoms with Crippen LogP contribution in [0.25, 0.3) is 33.0 Å². The molecule has 0 amide bonds. The molecule has 6 rings (SSSR count). The zero-order valence-corrected chi connectivity index (χ0v) is 34.0. The molecule has 0 fully saturated rings. The van der Waals surface area contributed by atoms with E-state index in [0.717, 1.165) is 9.52 Å². The van der Waals surface area contributed by atoms with E-state index >= 15 is 0 Å². The minimum atomic E-state index is -0.826. The molecule has 238 valence electrons. The van der Waals surface area contributed by atoms with Gasteiger partial charge in [0.1, 0.15) is 0 Å². The largest absolute Gasteiger partial charge is 0.184 e. The van der Waals surface area contributed by atoms with Crippen LogP contribution in [0.5, 0.6) is 0 Å². The summed E-state index contributed by atoms with van der Waals surface area (Å²) < 4.78 is 0. The Morgan fingerprint density at radius 2 is 1.46 bits per heavy atom. The van der Waals surface area contributed by atoms with E-state index in [1.54, 1.807) is 0 Å². The maximum atomic E-state index is 4.93. The zero-order chi connectivity index (χ0) is 33.6. The fourth-order valence-corrected chi connectivity index (χ4v) is 7.36. The minimum Gasteiger partial charge on any atom is -0.184 e. The van der Waals surface area contributed by atoms with Gasteiger partial charge in [0.25, 0.3) is 0 Å². The first-order valence-electron chi connectivity index (χ1n) is 16.5. The SMILES string of the molecule is CCCCc1cc2c(-c3cc(C(C)(C)C)cc(C(C)(C)C)c3)c(C(C)C)ccc2[cH-]1.[Cl][Zr+2][Cl].[c-]1cccc2c1[Si]c1ccccc1-2. The van der Waals surface area contributed by atoms with E-state index < -0.39 is 20.8 Å². The number of hydrogen-bond acceptors (Lipinski definition) is 0. The number of aryl methyl sites for hydroxylation is 1. The Bertz CT molecular complexity index is 1670. The number of rotatable bonds is 5. The quantitative estimate of drug-likeness (QED) is 0.122. The number of unbranched alkanes of at least 4 members (excludes halogenated alkanes) is 1. The van der Waals surface area contributed by atoms with E-state index in [9.17, 15) is 0 Å². The van der Waals surface area contributed by atoms with Gasteiger partial charge < -0.3 is 0 Å². The molecule has 1 aliphatic heterocycles. The Labute approximate surface area is 300 Å². The molecule has 0 saturated heterocycles. The van der Waals surface area contributed by atoms with Gasteiger partial charge in [-0.3, -0.25) is 0 Å². The minimum absolute atomic E-state index is 0.125. The fraction of sp³-hybridized carbons (Fsp3) is 0.357. The van der Waals surface area contributed by atoms with Gasteiger partial charge in [0.05, 0.1) is 9.52 Å². The molecule has 4 heteroatoms. The van der Waals surface area contributed by atoms with Crippen LogP contribution in [0, 0.1) is 6.07 Å². The zero-order valence-electron chi connectivity index (χ0n) is 29.0. The van der Waals surface area contributed by atoms with Crippen molar-refractivity contribution >= 4 is 47.7 Å². The van der Waals surface area contributed by atoms with Gasteiger partial charge in [0, 0.05) is 0 Å². The number of halogens is 2. The molecule has 2 radical (unpaired) electrons. The predicted molar refractivity (Wildman–Crippen MR) is 203 cm³/mol. The first-order valence-corrected chi connectivity index (χ1v) is 23.8. The van der Waals surface area contributed by atoms with Gasteiger partial charge in [-0.1, -0.05) is 139 Å². The maximum absolute atomic E-state index is 4.93. The molecular weight excluding hydrogens is 695 g/mol. The van der Waals surface area contributed by atoms with Crippen LogP contribution in [-0.2, 0) is 38.1 Å². The summed E-state index contributed by atoms with van der Waals surface area (Å²) in [6, 6.07) is 35.1. The summed E-state index contributed by atoms with van der Waals surface area (Å²) in [7, 11) is 10.7. The van der Waals surface area contributed by atoms with E-state index in [-0.39, 0.29) is 10.8 Å². The Morgan fingerprint density at radius 1 is 0.826 bits per heavy atom. The number of fused-ring (bicyclic) bond motifs is 4. The second-order valence-electron chi connectivity index (χ2n) is 14.7. The summed E-state index contributed by atoms with van der Waals surface area (Å²) >= 11 is -0.826. The van der Waals surface area contributed by atoms with Crippen LogP contribution in [0.2, 0.25) is 0 Å². The van der Waals surface area contributed by atoms with Crippen LogP contribution in [-0.4, -0.2) is 9.52 Å². The number of hydrogen-bond donors (Lipinski definition) is 0. The van der Waals surface area contributed by atoms with Crippen LogP contribution in [0.15, 0.2) is 84.9 Å². The van der Waals surface area contributed by atoms with Crippen LogP contribution < -0.4 is 10.4 Å². The van der Waals surface area contributed by atoms with Crippen LogP contribution in [0.4, 0.5) is 0 Å². The van der Waals surface area contributed by atoms with E-state index in [1.165, 1.54) is 84.9 Å². The molecule has 0 nitrogen and oxygen atoms in total. The van der Waals surface area contributed by atoms with Gasteiger partial charge in [0.15, 0.2) is 0 Å². The molecule has 1 aliphatic rings. The topological polar surface area (TPSA) is 0 Å². The molecule has 0 aliphatic carbocycles. The molecule has 0 atom stereocenters. The Hall–Kier alpha value is -1.83. The average Bonchev–Trinajstić information content (AvgIpc) is 3.60. The third kappa shape index (κ3) is 8.99. The summed E-state index contributed by atoms with van der Waals surface area (Å²) in [6.07, 6.45) is 3.68. The molecule has 0 unspecified atom stereocenters. The second-order valence-corrected chi connectivity index (χ2v) is 19.7. The molecule has 46 heavy (non-hydrogen) atoms. The average molecular weight is 743 g/mol. The van der Waals surface area contributed by atoms with Crippen molar-refractivity contribution in [2.75, 3.05) is 0 Å². The summed E-state index contributed by atoms with van der Waals surface area (Å²) in [5, 5.41) is 5.64. The van der Waals surface area contributed by atoms with Crippen molar-refractivity contribution in [3.05, 3.63) is 113 Å². The van der Waals surface area contributed by atoms with Crippen molar-refractivity contribution in [2.45, 2.75) is 98.3 Å². The van der Waals surface area contributed by atoms with E-state index in [0.29, 0.717) is 5.92 Å². The Kier molecular flexibility index (Phi) is 12.9. The van der Waals surface area contributed by atoms with Crippen molar-refractivity contribution in [2.24, 2.45) is 0 Å². The smallest absolute Gasteiger partial charge is 0.0920 e. The van der Waals surface area contributed by atoms with Gasteiger partial charge in [-0.2, -0.15) is 35.5 Å². The van der Waals surface area contributed by atoms with Gasteiger partial charge in [-0.15, -0.1) is 40.1 Å². The van der Waals surface area contributed by atoms with Gasteiger partial charge in [-0.25, -0.2) is 0 Å². The summed E-state index contributed by atoms with van der Waals surface area (Å²) in [5.74, 6) is 0.495. The molecule has 0 N–H and O–H groups in total. The second kappa shape index (κ2) is 16.0. The molecule has 5 aromatic rings. The monoisotopic (exact) mass is 740 g/mol. The summed E-state index contributed by atoms with van der Waals surface area (Å²) in [6.45, 7) is 20.9. The van der Waals surface area contributed by atoms with E-state index in [4.69, 9.17) is 17.0 Å². The normalized spacial score (nSPS) is 12.1. The predicted octanol–water partition coefficient (Wildman–Crippen LogP) is 11.8. The molecule has 5 aromatic carbocycles. The molecule has 0 aromatic heterocycles. The van der Waals surface area contributed by atoms with Crippen LogP contribution in [0.1, 0.15) is 103 Å². The van der Waals surface area contributed by atoms with Crippen molar-refractivity contribution in [1.29, 1.82) is 0 Å². The number of benzene rings is 4. The van der Waals surface area contributed by atoms with Crippen LogP contribution in [0.3, 0.4) is 0 Å². The molecule has 0 bridgehead atoms. The van der Waals surface area contributed by atoms with Crippen molar-refractivity contribution < 1.29 is 20.8 Å². The van der Waals surface area contributed by atoms with E-state index in [2.05, 4.69) is 147 Å². The fourth-order valence-electron chi connectivity index (χ4n) is 6.05. The third-order valence-electron chi connectivity index (χ3n) is 8.71. The van der Waals surface area contributed by atoms with Gasteiger partial charge in [0.2, 0.25) is 0 Å². The molecule has 1 heterocycles. The Morgan fingerprint density at radius 3 is 2.07 bits per heavy atom.